The summed E-state index contributed by atoms with van der Waals surface area (Å²) in [5.41, 5.74) is 0.411. The number of rotatable bonds is 7. The minimum absolute atomic E-state index is 0.00878. The van der Waals surface area contributed by atoms with Crippen molar-refractivity contribution < 1.29 is 14.0 Å². The number of carbonyl (C=O) groups excluding carboxylic acids is 2. The fourth-order valence-electron chi connectivity index (χ4n) is 1.78. The number of hydrogen-bond acceptors (Lipinski definition) is 2. The molecule has 1 aromatic rings. The SMILES string of the molecule is CCCCN(CCNC(=O)c1ccc(F)cc1)C(C)=O. The zero-order valence-corrected chi connectivity index (χ0v) is 12.0. The van der Waals surface area contributed by atoms with Gasteiger partial charge in [-0.1, -0.05) is 13.3 Å². The second-order valence-electron chi connectivity index (χ2n) is 4.62. The summed E-state index contributed by atoms with van der Waals surface area (Å²) in [4.78, 5) is 24.9. The summed E-state index contributed by atoms with van der Waals surface area (Å²) in [5, 5.41) is 2.72. The first kappa shape index (κ1) is 16.1. The van der Waals surface area contributed by atoms with E-state index in [0.717, 1.165) is 12.8 Å². The Balaban J connectivity index is 2.40. The normalized spacial score (nSPS) is 10.2. The van der Waals surface area contributed by atoms with Crippen molar-refractivity contribution in [3.63, 3.8) is 0 Å². The van der Waals surface area contributed by atoms with Gasteiger partial charge in [0.2, 0.25) is 5.91 Å². The minimum atomic E-state index is -0.371. The van der Waals surface area contributed by atoms with Crippen molar-refractivity contribution in [2.45, 2.75) is 26.7 Å². The molecule has 0 saturated heterocycles. The van der Waals surface area contributed by atoms with Crippen LogP contribution in [0.15, 0.2) is 24.3 Å². The van der Waals surface area contributed by atoms with Gasteiger partial charge in [0, 0.05) is 32.1 Å². The van der Waals surface area contributed by atoms with E-state index < -0.39 is 0 Å². The highest BCUT2D eigenvalue weighted by Gasteiger charge is 2.09. The van der Waals surface area contributed by atoms with Crippen molar-refractivity contribution in [3.05, 3.63) is 35.6 Å². The largest absolute Gasteiger partial charge is 0.350 e. The molecule has 4 nitrogen and oxygen atoms in total. The van der Waals surface area contributed by atoms with Gasteiger partial charge in [-0.05, 0) is 30.7 Å². The molecule has 0 aliphatic carbocycles. The van der Waals surface area contributed by atoms with Gasteiger partial charge in [-0.2, -0.15) is 0 Å². The van der Waals surface area contributed by atoms with Gasteiger partial charge in [0.05, 0.1) is 0 Å². The highest BCUT2D eigenvalue weighted by atomic mass is 19.1. The van der Waals surface area contributed by atoms with Crippen molar-refractivity contribution in [1.29, 1.82) is 0 Å². The molecule has 0 atom stereocenters. The molecule has 0 bridgehead atoms. The summed E-state index contributed by atoms with van der Waals surface area (Å²) in [5.74, 6) is -0.623. The Labute approximate surface area is 119 Å². The summed E-state index contributed by atoms with van der Waals surface area (Å²) < 4.78 is 12.7. The molecule has 1 N–H and O–H groups in total. The van der Waals surface area contributed by atoms with Crippen LogP contribution in [0.3, 0.4) is 0 Å². The summed E-state index contributed by atoms with van der Waals surface area (Å²) in [7, 11) is 0. The molecule has 0 aliphatic heterocycles. The molecule has 1 aromatic carbocycles. The molecule has 0 heterocycles. The van der Waals surface area contributed by atoms with E-state index in [9.17, 15) is 14.0 Å². The number of benzene rings is 1. The van der Waals surface area contributed by atoms with Crippen molar-refractivity contribution in [2.75, 3.05) is 19.6 Å². The van der Waals surface area contributed by atoms with Gasteiger partial charge in [0.15, 0.2) is 0 Å². The van der Waals surface area contributed by atoms with E-state index >= 15 is 0 Å². The molecule has 0 aromatic heterocycles. The smallest absolute Gasteiger partial charge is 0.251 e. The second kappa shape index (κ2) is 8.30. The van der Waals surface area contributed by atoms with E-state index in [1.165, 1.54) is 31.2 Å². The maximum absolute atomic E-state index is 12.7. The average Bonchev–Trinajstić information content (AvgIpc) is 2.42. The first-order valence-electron chi connectivity index (χ1n) is 6.84. The Morgan fingerprint density at radius 2 is 1.85 bits per heavy atom. The predicted molar refractivity (Wildman–Crippen MR) is 75.9 cm³/mol. The van der Waals surface area contributed by atoms with Crippen molar-refractivity contribution in [3.8, 4) is 0 Å². The Bertz CT molecular complexity index is 446. The Morgan fingerprint density at radius 3 is 2.40 bits per heavy atom. The number of hydrogen-bond donors (Lipinski definition) is 1. The van der Waals surface area contributed by atoms with Gasteiger partial charge < -0.3 is 10.2 Å². The van der Waals surface area contributed by atoms with E-state index in [4.69, 9.17) is 0 Å². The molecule has 110 valence electrons. The third-order valence-corrected chi connectivity index (χ3v) is 3.00. The molecule has 0 saturated carbocycles. The highest BCUT2D eigenvalue weighted by Crippen LogP contribution is 2.02. The number of nitrogens with zero attached hydrogens (tertiary/aromatic N) is 1. The van der Waals surface area contributed by atoms with Gasteiger partial charge in [0.25, 0.3) is 5.91 Å². The molecule has 20 heavy (non-hydrogen) atoms. The van der Waals surface area contributed by atoms with E-state index in [1.54, 1.807) is 4.90 Å². The van der Waals surface area contributed by atoms with Crippen molar-refractivity contribution in [2.24, 2.45) is 0 Å². The zero-order chi connectivity index (χ0) is 15.0. The predicted octanol–water partition coefficient (Wildman–Crippen LogP) is 2.20. The second-order valence-corrected chi connectivity index (χ2v) is 4.62. The van der Waals surface area contributed by atoms with Gasteiger partial charge in [-0.15, -0.1) is 0 Å². The number of halogens is 1. The zero-order valence-electron chi connectivity index (χ0n) is 12.0. The fourth-order valence-corrected chi connectivity index (χ4v) is 1.78. The van der Waals surface area contributed by atoms with Crippen LogP contribution in [0.4, 0.5) is 4.39 Å². The highest BCUT2D eigenvalue weighted by molar-refractivity contribution is 5.94. The molecule has 2 amide bonds. The lowest BCUT2D eigenvalue weighted by Gasteiger charge is -2.20. The first-order valence-corrected chi connectivity index (χ1v) is 6.84. The fraction of sp³-hybridized carbons (Fsp3) is 0.467. The summed E-state index contributed by atoms with van der Waals surface area (Å²) in [6.45, 7) is 5.17. The van der Waals surface area contributed by atoms with Crippen LogP contribution in [0.1, 0.15) is 37.0 Å². The third kappa shape index (κ3) is 5.38. The van der Waals surface area contributed by atoms with Crippen LogP contribution in [0, 0.1) is 5.82 Å². The topological polar surface area (TPSA) is 49.4 Å². The van der Waals surface area contributed by atoms with E-state index in [0.29, 0.717) is 25.2 Å². The minimum Gasteiger partial charge on any atom is -0.350 e. The van der Waals surface area contributed by atoms with Crippen LogP contribution in [-0.4, -0.2) is 36.3 Å². The molecule has 5 heteroatoms. The van der Waals surface area contributed by atoms with E-state index in [2.05, 4.69) is 12.2 Å². The Morgan fingerprint density at radius 1 is 1.20 bits per heavy atom. The van der Waals surface area contributed by atoms with Crippen molar-refractivity contribution >= 4 is 11.8 Å². The number of amides is 2. The molecule has 0 radical (unpaired) electrons. The van der Waals surface area contributed by atoms with Crippen LogP contribution >= 0.6 is 0 Å². The van der Waals surface area contributed by atoms with Crippen molar-refractivity contribution in [1.82, 2.24) is 10.2 Å². The maximum Gasteiger partial charge on any atom is 0.251 e. The van der Waals surface area contributed by atoms with Gasteiger partial charge in [-0.25, -0.2) is 4.39 Å². The summed E-state index contributed by atoms with van der Waals surface area (Å²) in [6.07, 6.45) is 1.97. The molecule has 0 unspecified atom stereocenters. The third-order valence-electron chi connectivity index (χ3n) is 3.00. The van der Waals surface area contributed by atoms with Gasteiger partial charge >= 0.3 is 0 Å². The molecule has 0 aliphatic rings. The average molecular weight is 280 g/mol. The lowest BCUT2D eigenvalue weighted by Crippen LogP contribution is -2.38. The van der Waals surface area contributed by atoms with Crippen LogP contribution in [0.25, 0.3) is 0 Å². The number of unbranched alkanes of at least 4 members (excludes halogenated alkanes) is 1. The van der Waals surface area contributed by atoms with Crippen LogP contribution < -0.4 is 5.32 Å². The summed E-state index contributed by atoms with van der Waals surface area (Å²) >= 11 is 0. The standard InChI is InChI=1S/C15H21FN2O2/c1-3-4-10-18(12(2)19)11-9-17-15(20)13-5-7-14(16)8-6-13/h5-8H,3-4,9-11H2,1-2H3,(H,17,20). The monoisotopic (exact) mass is 280 g/mol. The van der Waals surface area contributed by atoms with E-state index in [1.807, 2.05) is 0 Å². The Kier molecular flexibility index (Phi) is 6.70. The number of nitrogens with one attached hydrogen (secondary N) is 1. The molecule has 0 fully saturated rings. The molecular weight excluding hydrogens is 259 g/mol. The van der Waals surface area contributed by atoms with Gasteiger partial charge in [0.1, 0.15) is 5.82 Å². The van der Waals surface area contributed by atoms with Crippen LogP contribution in [-0.2, 0) is 4.79 Å². The van der Waals surface area contributed by atoms with Gasteiger partial charge in [-0.3, -0.25) is 9.59 Å². The Hall–Kier alpha value is -1.91. The quantitative estimate of drug-likeness (QED) is 0.832. The lowest BCUT2D eigenvalue weighted by molar-refractivity contribution is -0.128. The molecular formula is C15H21FN2O2. The number of carbonyl (C=O) groups is 2. The lowest BCUT2D eigenvalue weighted by atomic mass is 10.2. The maximum atomic E-state index is 12.7. The molecule has 0 spiro atoms. The molecule has 1 rings (SSSR count). The van der Waals surface area contributed by atoms with Crippen LogP contribution in [0.2, 0.25) is 0 Å². The summed E-state index contributed by atoms with van der Waals surface area (Å²) in [6, 6.07) is 5.37. The van der Waals surface area contributed by atoms with E-state index in [-0.39, 0.29) is 17.6 Å². The first-order chi connectivity index (χ1) is 9.54. The van der Waals surface area contributed by atoms with Crippen LogP contribution in [0.5, 0.6) is 0 Å².